The molecule has 1 saturated heterocycles. The minimum atomic E-state index is -3.63. The summed E-state index contributed by atoms with van der Waals surface area (Å²) >= 11 is 0. The number of sulfonamides is 1. The average Bonchev–Trinajstić information content (AvgIpc) is 2.79. The van der Waals surface area contributed by atoms with E-state index in [-0.39, 0.29) is 16.1 Å². The summed E-state index contributed by atoms with van der Waals surface area (Å²) in [6.45, 7) is 4.07. The van der Waals surface area contributed by atoms with Gasteiger partial charge in [-0.05, 0) is 61.6 Å². The molecule has 0 saturated carbocycles. The number of hydrogen-bond acceptors (Lipinski definition) is 7. The van der Waals surface area contributed by atoms with E-state index in [1.54, 1.807) is 6.92 Å². The van der Waals surface area contributed by atoms with Gasteiger partial charge < -0.3 is 10.1 Å². The van der Waals surface area contributed by atoms with Crippen LogP contribution in [0.15, 0.2) is 47.4 Å². The molecule has 2 aromatic rings. The molecule has 1 amide bonds. The zero-order valence-electron chi connectivity index (χ0n) is 18.3. The lowest BCUT2D eigenvalue weighted by Gasteiger charge is -2.29. The lowest BCUT2D eigenvalue weighted by atomic mass is 10.0. The van der Waals surface area contributed by atoms with Gasteiger partial charge in [0.15, 0.2) is 6.61 Å². The summed E-state index contributed by atoms with van der Waals surface area (Å²) in [5.41, 5.74) is 0.866. The van der Waals surface area contributed by atoms with E-state index in [4.69, 9.17) is 4.74 Å². The summed E-state index contributed by atoms with van der Waals surface area (Å²) in [5, 5.41) is 13.3. The Morgan fingerprint density at radius 2 is 1.79 bits per heavy atom. The first-order valence-electron chi connectivity index (χ1n) is 10.4. The van der Waals surface area contributed by atoms with Crippen LogP contribution < -0.4 is 5.32 Å². The van der Waals surface area contributed by atoms with Gasteiger partial charge in [0.1, 0.15) is 0 Å². The van der Waals surface area contributed by atoms with Crippen molar-refractivity contribution in [2.75, 3.05) is 25.0 Å². The SMILES string of the molecule is Cc1cc([N+](=O)[O-])ccc1NC(=O)COC(=O)c1ccc(S(=O)(=O)N2CCC(C)CC2)cc1. The van der Waals surface area contributed by atoms with Crippen molar-refractivity contribution in [2.45, 2.75) is 31.6 Å². The maximum absolute atomic E-state index is 12.8. The number of anilines is 1. The van der Waals surface area contributed by atoms with Crippen LogP contribution in [0, 0.1) is 23.0 Å². The number of aryl methyl sites for hydroxylation is 1. The van der Waals surface area contributed by atoms with Crippen LogP contribution in [-0.2, 0) is 19.6 Å². The number of nitro benzene ring substituents is 1. The number of nitrogens with one attached hydrogen (secondary N) is 1. The van der Waals surface area contributed by atoms with E-state index in [0.29, 0.717) is 30.3 Å². The Bertz CT molecular complexity index is 1160. The van der Waals surface area contributed by atoms with Gasteiger partial charge in [0.2, 0.25) is 10.0 Å². The molecule has 33 heavy (non-hydrogen) atoms. The molecule has 0 radical (unpaired) electrons. The van der Waals surface area contributed by atoms with Gasteiger partial charge in [0.25, 0.3) is 11.6 Å². The highest BCUT2D eigenvalue weighted by molar-refractivity contribution is 7.89. The molecule has 2 aromatic carbocycles. The van der Waals surface area contributed by atoms with E-state index in [1.165, 1.54) is 46.8 Å². The molecule has 1 heterocycles. The van der Waals surface area contributed by atoms with E-state index < -0.39 is 33.4 Å². The topological polar surface area (TPSA) is 136 Å². The summed E-state index contributed by atoms with van der Waals surface area (Å²) in [6, 6.07) is 9.38. The molecule has 176 valence electrons. The number of piperidine rings is 1. The van der Waals surface area contributed by atoms with Gasteiger partial charge in [-0.1, -0.05) is 6.92 Å². The number of benzene rings is 2. The van der Waals surface area contributed by atoms with Gasteiger partial charge in [0.05, 0.1) is 15.4 Å². The lowest BCUT2D eigenvalue weighted by molar-refractivity contribution is -0.384. The van der Waals surface area contributed by atoms with Crippen molar-refractivity contribution in [2.24, 2.45) is 5.92 Å². The Balaban J connectivity index is 1.56. The van der Waals surface area contributed by atoms with Crippen LogP contribution in [0.2, 0.25) is 0 Å². The molecule has 0 unspecified atom stereocenters. The third kappa shape index (κ3) is 5.93. The van der Waals surface area contributed by atoms with Crippen LogP contribution in [0.4, 0.5) is 11.4 Å². The van der Waals surface area contributed by atoms with Crippen LogP contribution in [0.25, 0.3) is 0 Å². The highest BCUT2D eigenvalue weighted by Gasteiger charge is 2.28. The second-order valence-electron chi connectivity index (χ2n) is 7.99. The molecule has 1 aliphatic heterocycles. The standard InChI is InChI=1S/C22H25N3O7S/c1-15-9-11-24(12-10-15)33(30,31)19-6-3-17(4-7-19)22(27)32-14-21(26)23-20-8-5-18(25(28)29)13-16(20)2/h3-8,13,15H,9-12,14H2,1-2H3,(H,23,26). The summed E-state index contributed by atoms with van der Waals surface area (Å²) in [7, 11) is -3.63. The first-order chi connectivity index (χ1) is 15.6. The van der Waals surface area contributed by atoms with E-state index >= 15 is 0 Å². The number of rotatable bonds is 7. The monoisotopic (exact) mass is 475 g/mol. The lowest BCUT2D eigenvalue weighted by Crippen LogP contribution is -2.37. The van der Waals surface area contributed by atoms with Crippen molar-refractivity contribution in [3.8, 4) is 0 Å². The first-order valence-corrected chi connectivity index (χ1v) is 11.8. The van der Waals surface area contributed by atoms with E-state index in [9.17, 15) is 28.1 Å². The second kappa shape index (κ2) is 10.1. The molecule has 1 N–H and O–H groups in total. The summed E-state index contributed by atoms with van der Waals surface area (Å²) < 4.78 is 32.0. The van der Waals surface area contributed by atoms with Crippen LogP contribution in [0.3, 0.4) is 0 Å². The number of hydrogen-bond donors (Lipinski definition) is 1. The van der Waals surface area contributed by atoms with Gasteiger partial charge in [-0.3, -0.25) is 14.9 Å². The summed E-state index contributed by atoms with van der Waals surface area (Å²) in [5.74, 6) is -0.893. The molecule has 10 nitrogen and oxygen atoms in total. The Kier molecular flexibility index (Phi) is 7.44. The van der Waals surface area contributed by atoms with Crippen molar-refractivity contribution in [1.82, 2.24) is 4.31 Å². The fraction of sp³-hybridized carbons (Fsp3) is 0.364. The minimum absolute atomic E-state index is 0.0972. The number of nitrogens with zero attached hydrogens (tertiary/aromatic N) is 2. The third-order valence-corrected chi connectivity index (χ3v) is 7.41. The Morgan fingerprint density at radius 3 is 2.36 bits per heavy atom. The van der Waals surface area contributed by atoms with E-state index in [0.717, 1.165) is 12.8 Å². The van der Waals surface area contributed by atoms with Gasteiger partial charge in [-0.15, -0.1) is 0 Å². The van der Waals surface area contributed by atoms with Gasteiger partial charge in [0, 0.05) is 30.9 Å². The van der Waals surface area contributed by atoms with Crippen LogP contribution >= 0.6 is 0 Å². The molecule has 1 fully saturated rings. The molecule has 0 aliphatic carbocycles. The minimum Gasteiger partial charge on any atom is -0.452 e. The van der Waals surface area contributed by atoms with Crippen LogP contribution in [0.1, 0.15) is 35.7 Å². The maximum atomic E-state index is 12.8. The molecule has 1 aliphatic rings. The fourth-order valence-corrected chi connectivity index (χ4v) is 4.91. The smallest absolute Gasteiger partial charge is 0.338 e. The number of non-ortho nitro benzene ring substituents is 1. The zero-order chi connectivity index (χ0) is 24.2. The van der Waals surface area contributed by atoms with Crippen molar-refractivity contribution in [3.63, 3.8) is 0 Å². The Labute approximate surface area is 191 Å². The number of amides is 1. The molecule has 0 bridgehead atoms. The molecule has 0 spiro atoms. The summed E-state index contributed by atoms with van der Waals surface area (Å²) in [4.78, 5) is 34.7. The van der Waals surface area contributed by atoms with E-state index in [1.807, 2.05) is 0 Å². The average molecular weight is 476 g/mol. The van der Waals surface area contributed by atoms with Crippen molar-refractivity contribution >= 4 is 33.3 Å². The molecule has 0 atom stereocenters. The number of ether oxygens (including phenoxy) is 1. The van der Waals surface area contributed by atoms with Gasteiger partial charge >= 0.3 is 5.97 Å². The highest BCUT2D eigenvalue weighted by Crippen LogP contribution is 2.24. The molecule has 11 heteroatoms. The largest absolute Gasteiger partial charge is 0.452 e. The second-order valence-corrected chi connectivity index (χ2v) is 9.93. The first kappa shape index (κ1) is 24.3. The predicted molar refractivity (Wildman–Crippen MR) is 120 cm³/mol. The number of nitro groups is 1. The maximum Gasteiger partial charge on any atom is 0.338 e. The fourth-order valence-electron chi connectivity index (χ4n) is 3.44. The van der Waals surface area contributed by atoms with Gasteiger partial charge in [-0.2, -0.15) is 4.31 Å². The van der Waals surface area contributed by atoms with E-state index in [2.05, 4.69) is 12.2 Å². The number of carbonyl (C=O) groups excluding carboxylic acids is 2. The van der Waals surface area contributed by atoms with Crippen molar-refractivity contribution < 1.29 is 27.7 Å². The summed E-state index contributed by atoms with van der Waals surface area (Å²) in [6.07, 6.45) is 1.62. The van der Waals surface area contributed by atoms with Gasteiger partial charge in [-0.25, -0.2) is 13.2 Å². The Morgan fingerprint density at radius 1 is 1.15 bits per heavy atom. The number of esters is 1. The number of carbonyl (C=O) groups is 2. The van der Waals surface area contributed by atoms with Crippen molar-refractivity contribution in [1.29, 1.82) is 0 Å². The van der Waals surface area contributed by atoms with Crippen molar-refractivity contribution in [3.05, 3.63) is 63.7 Å². The molecular formula is C22H25N3O7S. The normalized spacial score (nSPS) is 15.1. The van der Waals surface area contributed by atoms with Crippen LogP contribution in [0.5, 0.6) is 0 Å². The molecular weight excluding hydrogens is 450 g/mol. The highest BCUT2D eigenvalue weighted by atomic mass is 32.2. The Hall–Kier alpha value is -3.31. The van der Waals surface area contributed by atoms with Crippen LogP contribution in [-0.4, -0.2) is 49.2 Å². The quantitative estimate of drug-likeness (QED) is 0.369. The molecule has 0 aromatic heterocycles. The predicted octanol–water partition coefficient (Wildman–Crippen LogP) is 3.12. The molecule has 3 rings (SSSR count). The third-order valence-electron chi connectivity index (χ3n) is 5.50. The zero-order valence-corrected chi connectivity index (χ0v) is 19.1.